The second-order valence-electron chi connectivity index (χ2n) is 8.41. The van der Waals surface area contributed by atoms with Crippen molar-refractivity contribution >= 4 is 17.9 Å². The molecule has 7 nitrogen and oxygen atoms in total. The first-order valence-electron chi connectivity index (χ1n) is 10.6. The Labute approximate surface area is 161 Å². The monoisotopic (exact) mass is 379 g/mol. The van der Waals surface area contributed by atoms with Crippen molar-refractivity contribution < 1.29 is 19.5 Å². The molecule has 0 atom stereocenters. The van der Waals surface area contributed by atoms with Crippen LogP contribution >= 0.6 is 0 Å². The van der Waals surface area contributed by atoms with E-state index in [0.717, 1.165) is 25.8 Å². The van der Waals surface area contributed by atoms with E-state index in [-0.39, 0.29) is 23.9 Å². The predicted octanol–water partition coefficient (Wildman–Crippen LogP) is 2.45. The largest absolute Gasteiger partial charge is 0.481 e. The number of carbonyl (C=O) groups excluding carboxylic acids is 2. The van der Waals surface area contributed by atoms with E-state index in [2.05, 4.69) is 5.32 Å². The molecule has 0 spiro atoms. The zero-order valence-corrected chi connectivity index (χ0v) is 16.2. The lowest BCUT2D eigenvalue weighted by Crippen LogP contribution is -2.47. The molecule has 1 aliphatic heterocycles. The van der Waals surface area contributed by atoms with Gasteiger partial charge in [-0.1, -0.05) is 12.8 Å². The highest BCUT2D eigenvalue weighted by atomic mass is 16.4. The van der Waals surface area contributed by atoms with E-state index in [1.807, 2.05) is 9.80 Å². The average Bonchev–Trinajstić information content (AvgIpc) is 3.03. The number of hydrogen-bond acceptors (Lipinski definition) is 3. The molecule has 1 saturated heterocycles. The number of aliphatic carboxylic acids is 1. The van der Waals surface area contributed by atoms with Gasteiger partial charge in [-0.3, -0.25) is 9.59 Å². The van der Waals surface area contributed by atoms with Crippen molar-refractivity contribution in [2.24, 2.45) is 11.8 Å². The van der Waals surface area contributed by atoms with Gasteiger partial charge in [0.2, 0.25) is 5.91 Å². The molecule has 2 N–H and O–H groups in total. The number of hydrogen-bond donors (Lipinski definition) is 2. The van der Waals surface area contributed by atoms with Crippen LogP contribution in [0.2, 0.25) is 0 Å². The van der Waals surface area contributed by atoms with Crippen molar-refractivity contribution in [1.29, 1.82) is 0 Å². The lowest BCUT2D eigenvalue weighted by atomic mass is 9.86. The maximum atomic E-state index is 12.6. The number of carbonyl (C=O) groups is 3. The van der Waals surface area contributed by atoms with E-state index in [4.69, 9.17) is 5.11 Å². The fourth-order valence-electron chi connectivity index (χ4n) is 4.71. The Bertz CT molecular complexity index is 539. The summed E-state index contributed by atoms with van der Waals surface area (Å²) in [5.41, 5.74) is 0. The molecular weight excluding hydrogens is 346 g/mol. The molecule has 0 aromatic rings. The van der Waals surface area contributed by atoms with Crippen LogP contribution < -0.4 is 5.32 Å². The highest BCUT2D eigenvalue weighted by Gasteiger charge is 2.29. The van der Waals surface area contributed by atoms with E-state index < -0.39 is 5.97 Å². The highest BCUT2D eigenvalue weighted by molar-refractivity contribution is 5.77. The average molecular weight is 380 g/mol. The molecule has 3 aliphatic rings. The van der Waals surface area contributed by atoms with Crippen LogP contribution in [0.1, 0.15) is 64.2 Å². The van der Waals surface area contributed by atoms with Gasteiger partial charge in [0.25, 0.3) is 0 Å². The molecule has 0 aromatic heterocycles. The summed E-state index contributed by atoms with van der Waals surface area (Å²) < 4.78 is 0. The summed E-state index contributed by atoms with van der Waals surface area (Å²) in [6.45, 7) is 2.60. The van der Waals surface area contributed by atoms with E-state index in [0.29, 0.717) is 44.8 Å². The maximum Gasteiger partial charge on any atom is 0.317 e. The van der Waals surface area contributed by atoms with Gasteiger partial charge in [0, 0.05) is 38.6 Å². The summed E-state index contributed by atoms with van der Waals surface area (Å²) in [7, 11) is 0. The normalized spacial score (nSPS) is 27.3. The van der Waals surface area contributed by atoms with Crippen LogP contribution in [0.3, 0.4) is 0 Å². The summed E-state index contributed by atoms with van der Waals surface area (Å²) in [5, 5.41) is 12.1. The van der Waals surface area contributed by atoms with E-state index >= 15 is 0 Å². The number of urea groups is 1. The second-order valence-corrected chi connectivity index (χ2v) is 8.41. The third kappa shape index (κ3) is 5.59. The van der Waals surface area contributed by atoms with Crippen molar-refractivity contribution in [3.63, 3.8) is 0 Å². The predicted molar refractivity (Wildman–Crippen MR) is 101 cm³/mol. The Balaban J connectivity index is 1.41. The van der Waals surface area contributed by atoms with Gasteiger partial charge in [0.15, 0.2) is 0 Å². The number of nitrogens with one attached hydrogen (secondary N) is 1. The Morgan fingerprint density at radius 2 is 1.44 bits per heavy atom. The minimum absolute atomic E-state index is 0.0662. The van der Waals surface area contributed by atoms with Gasteiger partial charge < -0.3 is 20.2 Å². The minimum atomic E-state index is -0.727. The molecule has 3 rings (SSSR count). The first kappa shape index (κ1) is 20.0. The second kappa shape index (κ2) is 9.42. The van der Waals surface area contributed by atoms with Crippen LogP contribution in [0.4, 0.5) is 4.79 Å². The Morgan fingerprint density at radius 3 is 2.11 bits per heavy atom. The Kier molecular flexibility index (Phi) is 6.96. The van der Waals surface area contributed by atoms with E-state index in [9.17, 15) is 14.4 Å². The number of nitrogens with zero attached hydrogens (tertiary/aromatic N) is 2. The lowest BCUT2D eigenvalue weighted by Gasteiger charge is -2.29. The summed E-state index contributed by atoms with van der Waals surface area (Å²) in [6.07, 6.45) is 9.05. The molecule has 3 amide bonds. The van der Waals surface area contributed by atoms with Crippen LogP contribution in [0.25, 0.3) is 0 Å². The molecule has 0 aromatic carbocycles. The summed E-state index contributed by atoms with van der Waals surface area (Å²) >= 11 is 0. The number of carboxylic acid groups (broad SMARTS) is 1. The SMILES string of the molecule is O=C(O)C1CCC(NC(=O)N2CCCN(C(=O)CC3CCCC3)CC2)CC1. The fraction of sp³-hybridized carbons (Fsp3) is 0.850. The maximum absolute atomic E-state index is 12.6. The molecule has 152 valence electrons. The molecule has 3 fully saturated rings. The Morgan fingerprint density at radius 1 is 0.815 bits per heavy atom. The van der Waals surface area contributed by atoms with Gasteiger partial charge in [-0.15, -0.1) is 0 Å². The van der Waals surface area contributed by atoms with Gasteiger partial charge in [-0.25, -0.2) is 4.79 Å². The first-order valence-corrected chi connectivity index (χ1v) is 10.6. The third-order valence-electron chi connectivity index (χ3n) is 6.48. The minimum Gasteiger partial charge on any atom is -0.481 e. The highest BCUT2D eigenvalue weighted by Crippen LogP contribution is 2.28. The van der Waals surface area contributed by atoms with Crippen molar-refractivity contribution in [2.75, 3.05) is 26.2 Å². The van der Waals surface area contributed by atoms with Crippen LogP contribution in [0.15, 0.2) is 0 Å². The smallest absolute Gasteiger partial charge is 0.317 e. The zero-order chi connectivity index (χ0) is 19.2. The molecule has 1 heterocycles. The molecule has 2 aliphatic carbocycles. The molecule has 2 saturated carbocycles. The van der Waals surface area contributed by atoms with E-state index in [1.54, 1.807) is 0 Å². The number of amides is 3. The molecule has 0 unspecified atom stereocenters. The van der Waals surface area contributed by atoms with Crippen molar-refractivity contribution in [1.82, 2.24) is 15.1 Å². The number of carboxylic acids is 1. The third-order valence-corrected chi connectivity index (χ3v) is 6.48. The quantitative estimate of drug-likeness (QED) is 0.785. The topological polar surface area (TPSA) is 89.9 Å². The molecular formula is C20H33N3O4. The zero-order valence-electron chi connectivity index (χ0n) is 16.2. The summed E-state index contributed by atoms with van der Waals surface area (Å²) in [6, 6.07) is -0.00433. The van der Waals surface area contributed by atoms with Crippen LogP contribution in [0.5, 0.6) is 0 Å². The van der Waals surface area contributed by atoms with Gasteiger partial charge in [-0.2, -0.15) is 0 Å². The van der Waals surface area contributed by atoms with Crippen LogP contribution in [-0.2, 0) is 9.59 Å². The van der Waals surface area contributed by atoms with Gasteiger partial charge in [0.05, 0.1) is 5.92 Å². The van der Waals surface area contributed by atoms with Crippen molar-refractivity contribution in [3.05, 3.63) is 0 Å². The summed E-state index contributed by atoms with van der Waals surface area (Å²) in [4.78, 5) is 39.9. The van der Waals surface area contributed by atoms with Crippen LogP contribution in [0, 0.1) is 11.8 Å². The molecule has 0 bridgehead atoms. The number of rotatable bonds is 4. The molecule has 27 heavy (non-hydrogen) atoms. The standard InChI is InChI=1S/C20H33N3O4/c24-18(14-15-4-1-2-5-15)22-10-3-11-23(13-12-22)20(27)21-17-8-6-16(7-9-17)19(25)26/h15-17H,1-14H2,(H,21,27)(H,25,26). The van der Waals surface area contributed by atoms with Crippen molar-refractivity contribution in [3.8, 4) is 0 Å². The molecule has 7 heteroatoms. The van der Waals surface area contributed by atoms with Crippen LogP contribution in [-0.4, -0.2) is 65.0 Å². The molecule has 0 radical (unpaired) electrons. The lowest BCUT2D eigenvalue weighted by molar-refractivity contribution is -0.142. The van der Waals surface area contributed by atoms with Gasteiger partial charge in [0.1, 0.15) is 0 Å². The Hall–Kier alpha value is -1.79. The summed E-state index contributed by atoms with van der Waals surface area (Å²) in [5.74, 6) is -0.192. The van der Waals surface area contributed by atoms with E-state index in [1.165, 1.54) is 25.7 Å². The van der Waals surface area contributed by atoms with Crippen molar-refractivity contribution in [2.45, 2.75) is 70.3 Å². The first-order chi connectivity index (χ1) is 13.0. The van der Waals surface area contributed by atoms with Gasteiger partial charge in [-0.05, 0) is 50.9 Å². The fourth-order valence-corrected chi connectivity index (χ4v) is 4.71. The van der Waals surface area contributed by atoms with Gasteiger partial charge >= 0.3 is 12.0 Å².